The molecule has 2 N–H and O–H groups in total. The van der Waals surface area contributed by atoms with Gasteiger partial charge < -0.3 is 10.5 Å². The van der Waals surface area contributed by atoms with E-state index in [-0.39, 0.29) is 0 Å². The van der Waals surface area contributed by atoms with Gasteiger partial charge in [0.25, 0.3) is 0 Å². The van der Waals surface area contributed by atoms with Crippen LogP contribution in [0.15, 0.2) is 60.8 Å². The first-order valence-electron chi connectivity index (χ1n) is 10.4. The first-order valence-corrected chi connectivity index (χ1v) is 10.4. The molecule has 0 atom stereocenters. The largest absolute Gasteiger partial charge is 0.494 e. The van der Waals surface area contributed by atoms with E-state index in [1.54, 1.807) is 0 Å². The number of hydrogen-bond acceptors (Lipinski definition) is 4. The number of aromatic nitrogens is 2. The number of rotatable bonds is 8. The van der Waals surface area contributed by atoms with Gasteiger partial charge >= 0.3 is 0 Å². The van der Waals surface area contributed by atoms with E-state index >= 15 is 0 Å². The highest BCUT2D eigenvalue weighted by Crippen LogP contribution is 2.29. The third-order valence-electron chi connectivity index (χ3n) is 5.32. The van der Waals surface area contributed by atoms with Crippen LogP contribution in [0.2, 0.25) is 0 Å². The van der Waals surface area contributed by atoms with Crippen LogP contribution in [0.1, 0.15) is 37.3 Å². The lowest BCUT2D eigenvalue weighted by Crippen LogP contribution is -2.00. The van der Waals surface area contributed by atoms with Crippen molar-refractivity contribution in [2.75, 3.05) is 12.3 Å². The van der Waals surface area contributed by atoms with Crippen molar-refractivity contribution in [1.82, 2.24) is 9.97 Å². The number of anilines is 1. The van der Waals surface area contributed by atoms with E-state index in [9.17, 15) is 0 Å². The molecule has 4 aromatic rings. The Morgan fingerprint density at radius 1 is 0.931 bits per heavy atom. The van der Waals surface area contributed by atoms with Crippen molar-refractivity contribution in [1.29, 1.82) is 0 Å². The van der Waals surface area contributed by atoms with Gasteiger partial charge in [0.05, 0.1) is 12.1 Å². The second-order valence-electron chi connectivity index (χ2n) is 7.41. The molecule has 0 unspecified atom stereocenters. The van der Waals surface area contributed by atoms with Gasteiger partial charge in [-0.2, -0.15) is 0 Å². The summed E-state index contributed by atoms with van der Waals surface area (Å²) in [6.45, 7) is 2.99. The molecule has 0 aliphatic carbocycles. The molecular formula is C25H27N3O. The highest BCUT2D eigenvalue weighted by molar-refractivity contribution is 6.09. The van der Waals surface area contributed by atoms with Gasteiger partial charge in [0.2, 0.25) is 0 Å². The molecule has 0 aliphatic rings. The minimum Gasteiger partial charge on any atom is -0.494 e. The summed E-state index contributed by atoms with van der Waals surface area (Å²) >= 11 is 0. The maximum Gasteiger partial charge on any atom is 0.150 e. The maximum atomic E-state index is 6.19. The van der Waals surface area contributed by atoms with Gasteiger partial charge in [0, 0.05) is 17.0 Å². The monoisotopic (exact) mass is 385 g/mol. The Balaban J connectivity index is 1.53. The number of pyridine rings is 2. The Morgan fingerprint density at radius 2 is 1.76 bits per heavy atom. The molecule has 0 amide bonds. The van der Waals surface area contributed by atoms with E-state index in [2.05, 4.69) is 53.3 Å². The molecule has 4 rings (SSSR count). The Labute approximate surface area is 171 Å². The van der Waals surface area contributed by atoms with E-state index < -0.39 is 0 Å². The molecule has 29 heavy (non-hydrogen) atoms. The van der Waals surface area contributed by atoms with Crippen molar-refractivity contribution in [3.05, 3.63) is 71.9 Å². The molecular weight excluding hydrogens is 358 g/mol. The van der Waals surface area contributed by atoms with Crippen LogP contribution in [0.25, 0.3) is 21.8 Å². The van der Waals surface area contributed by atoms with Crippen LogP contribution in [0.3, 0.4) is 0 Å². The van der Waals surface area contributed by atoms with E-state index in [1.807, 2.05) is 24.4 Å². The number of ether oxygens (including phenoxy) is 1. The summed E-state index contributed by atoms with van der Waals surface area (Å²) in [7, 11) is 0. The molecule has 0 saturated heterocycles. The van der Waals surface area contributed by atoms with Crippen LogP contribution in [0.4, 0.5) is 5.82 Å². The van der Waals surface area contributed by atoms with E-state index in [4.69, 9.17) is 10.5 Å². The van der Waals surface area contributed by atoms with Crippen molar-refractivity contribution < 1.29 is 4.74 Å². The van der Waals surface area contributed by atoms with Crippen LogP contribution >= 0.6 is 0 Å². The quantitative estimate of drug-likeness (QED) is 0.311. The van der Waals surface area contributed by atoms with Gasteiger partial charge in [0.15, 0.2) is 5.82 Å². The Bertz CT molecular complexity index is 1110. The third kappa shape index (κ3) is 4.32. The molecule has 4 heteroatoms. The van der Waals surface area contributed by atoms with Crippen LogP contribution < -0.4 is 10.5 Å². The molecule has 2 aromatic heterocycles. The van der Waals surface area contributed by atoms with Crippen molar-refractivity contribution >= 4 is 27.6 Å². The lowest BCUT2D eigenvalue weighted by atomic mass is 9.98. The van der Waals surface area contributed by atoms with E-state index in [0.717, 1.165) is 53.4 Å². The Kier molecular flexibility index (Phi) is 5.89. The average Bonchev–Trinajstić information content (AvgIpc) is 2.76. The minimum absolute atomic E-state index is 0.491. The summed E-state index contributed by atoms with van der Waals surface area (Å²) in [4.78, 5) is 9.01. The molecule has 148 valence electrons. The lowest BCUT2D eigenvalue weighted by Gasteiger charge is -2.11. The lowest BCUT2D eigenvalue weighted by molar-refractivity contribution is 0.306. The number of unbranched alkanes of at least 4 members (excludes halogenated alkanes) is 2. The summed E-state index contributed by atoms with van der Waals surface area (Å²) in [5.41, 5.74) is 10.4. The van der Waals surface area contributed by atoms with Crippen molar-refractivity contribution in [2.45, 2.75) is 39.0 Å². The fraction of sp³-hybridized carbons (Fsp3) is 0.280. The number of fused-ring (bicyclic) bond motifs is 3. The molecule has 4 nitrogen and oxygen atoms in total. The standard InChI is InChI=1S/C25H27N3O/c1-2-3-6-17-29-20-13-10-18(11-14-20)9-12-19-15-16-27-24-23(19)21-7-4-5-8-22(21)28-25(24)26/h4-5,7-8,10-11,13-16H,2-3,6,9,12,17H2,1H3,(H2,26,28). The fourth-order valence-electron chi connectivity index (χ4n) is 3.74. The van der Waals surface area contributed by atoms with Crippen molar-refractivity contribution in [3.8, 4) is 5.75 Å². The van der Waals surface area contributed by atoms with Crippen molar-refractivity contribution in [2.24, 2.45) is 0 Å². The number of nitrogen functional groups attached to an aromatic ring is 1. The zero-order chi connectivity index (χ0) is 20.1. The maximum absolute atomic E-state index is 6.19. The van der Waals surface area contributed by atoms with Crippen LogP contribution in [0.5, 0.6) is 5.75 Å². The predicted molar refractivity (Wildman–Crippen MR) is 120 cm³/mol. The SMILES string of the molecule is CCCCCOc1ccc(CCc2ccnc3c(N)nc4ccccc4c23)cc1. The van der Waals surface area contributed by atoms with Gasteiger partial charge in [0.1, 0.15) is 11.3 Å². The molecule has 0 saturated carbocycles. The molecule has 2 aromatic carbocycles. The van der Waals surface area contributed by atoms with Gasteiger partial charge in [-0.3, -0.25) is 4.98 Å². The number of nitrogens with zero attached hydrogens (tertiary/aromatic N) is 2. The smallest absolute Gasteiger partial charge is 0.150 e. The second-order valence-corrected chi connectivity index (χ2v) is 7.41. The van der Waals surface area contributed by atoms with Gasteiger partial charge in [-0.15, -0.1) is 0 Å². The zero-order valence-corrected chi connectivity index (χ0v) is 16.9. The number of nitrogens with two attached hydrogens (primary N) is 1. The number of benzene rings is 2. The highest BCUT2D eigenvalue weighted by atomic mass is 16.5. The van der Waals surface area contributed by atoms with Gasteiger partial charge in [-0.05, 0) is 54.7 Å². The first-order chi connectivity index (χ1) is 14.3. The van der Waals surface area contributed by atoms with Crippen LogP contribution in [-0.2, 0) is 12.8 Å². The average molecular weight is 386 g/mol. The number of aryl methyl sites for hydroxylation is 2. The Morgan fingerprint density at radius 3 is 2.59 bits per heavy atom. The van der Waals surface area contributed by atoms with E-state index in [1.165, 1.54) is 24.0 Å². The predicted octanol–water partition coefficient (Wildman–Crippen LogP) is 5.72. The summed E-state index contributed by atoms with van der Waals surface area (Å²) in [5.74, 6) is 1.44. The van der Waals surface area contributed by atoms with Gasteiger partial charge in [-0.25, -0.2) is 4.98 Å². The summed E-state index contributed by atoms with van der Waals surface area (Å²) in [5, 5.41) is 2.22. The Hall–Kier alpha value is -3.14. The third-order valence-corrected chi connectivity index (χ3v) is 5.32. The molecule has 0 fully saturated rings. The topological polar surface area (TPSA) is 61.0 Å². The fourth-order valence-corrected chi connectivity index (χ4v) is 3.74. The molecule has 0 spiro atoms. The zero-order valence-electron chi connectivity index (χ0n) is 16.9. The molecule has 2 heterocycles. The second kappa shape index (κ2) is 8.91. The summed E-state index contributed by atoms with van der Waals surface area (Å²) in [6, 6.07) is 18.7. The molecule has 0 aliphatic heterocycles. The first kappa shape index (κ1) is 19.2. The van der Waals surface area contributed by atoms with Crippen molar-refractivity contribution in [3.63, 3.8) is 0 Å². The molecule has 0 radical (unpaired) electrons. The summed E-state index contributed by atoms with van der Waals surface area (Å²) in [6.07, 6.45) is 7.24. The van der Waals surface area contributed by atoms with Crippen LogP contribution in [0, 0.1) is 0 Å². The number of hydrogen-bond donors (Lipinski definition) is 1. The minimum atomic E-state index is 0.491. The van der Waals surface area contributed by atoms with Crippen LogP contribution in [-0.4, -0.2) is 16.6 Å². The van der Waals surface area contributed by atoms with Gasteiger partial charge in [-0.1, -0.05) is 50.1 Å². The normalized spacial score (nSPS) is 11.2. The highest BCUT2D eigenvalue weighted by Gasteiger charge is 2.11. The summed E-state index contributed by atoms with van der Waals surface area (Å²) < 4.78 is 5.82. The number of para-hydroxylation sites is 1. The molecule has 0 bridgehead atoms. The van der Waals surface area contributed by atoms with E-state index in [0.29, 0.717) is 5.82 Å².